The van der Waals surface area contributed by atoms with Crippen molar-refractivity contribution in [3.05, 3.63) is 82.0 Å². The van der Waals surface area contributed by atoms with Crippen molar-refractivity contribution in [1.29, 1.82) is 0 Å². The monoisotopic (exact) mass is 406 g/mol. The molecular formula is C21H18N4OS2. The second kappa shape index (κ2) is 7.33. The first-order chi connectivity index (χ1) is 13.8. The number of imidazole rings is 1. The van der Waals surface area contributed by atoms with Gasteiger partial charge in [0.15, 0.2) is 0 Å². The fourth-order valence-corrected chi connectivity index (χ4v) is 5.33. The molecule has 2 atom stereocenters. The summed E-state index contributed by atoms with van der Waals surface area (Å²) in [6.45, 7) is 0. The second-order valence-corrected chi connectivity index (χ2v) is 8.45. The summed E-state index contributed by atoms with van der Waals surface area (Å²) in [5, 5.41) is 10.0. The van der Waals surface area contributed by atoms with Crippen LogP contribution in [0.25, 0.3) is 10.6 Å². The quantitative estimate of drug-likeness (QED) is 0.533. The third-order valence-electron chi connectivity index (χ3n) is 5.18. The van der Waals surface area contributed by atoms with Gasteiger partial charge in [-0.2, -0.15) is 11.3 Å². The zero-order valence-corrected chi connectivity index (χ0v) is 16.6. The van der Waals surface area contributed by atoms with Crippen LogP contribution in [0.4, 0.5) is 0 Å². The fourth-order valence-electron chi connectivity index (χ4n) is 3.82. The molecule has 1 N–H and O–H groups in total. The van der Waals surface area contributed by atoms with Crippen LogP contribution in [-0.4, -0.2) is 20.4 Å². The molecule has 4 aromatic rings. The number of hydrogen-bond donors (Lipinski definition) is 1. The normalized spacial score (nSPS) is 18.6. The minimum atomic E-state index is -0.135. The molecule has 0 saturated heterocycles. The van der Waals surface area contributed by atoms with Crippen LogP contribution in [0.3, 0.4) is 0 Å². The summed E-state index contributed by atoms with van der Waals surface area (Å²) < 4.78 is 2.10. The van der Waals surface area contributed by atoms with Gasteiger partial charge in [0.1, 0.15) is 10.7 Å². The van der Waals surface area contributed by atoms with E-state index in [4.69, 9.17) is 0 Å². The van der Waals surface area contributed by atoms with Gasteiger partial charge in [0.2, 0.25) is 0 Å². The molecule has 0 radical (unpaired) electrons. The maximum atomic E-state index is 13.0. The van der Waals surface area contributed by atoms with Crippen LogP contribution in [0, 0.1) is 0 Å². The molecule has 1 aliphatic carbocycles. The van der Waals surface area contributed by atoms with Gasteiger partial charge in [-0.05, 0) is 35.4 Å². The highest BCUT2D eigenvalue weighted by Crippen LogP contribution is 2.38. The Morgan fingerprint density at radius 3 is 2.96 bits per heavy atom. The van der Waals surface area contributed by atoms with Crippen molar-refractivity contribution in [2.75, 3.05) is 0 Å². The zero-order chi connectivity index (χ0) is 18.9. The Morgan fingerprint density at radius 2 is 2.14 bits per heavy atom. The van der Waals surface area contributed by atoms with Crippen LogP contribution in [-0.2, 0) is 6.42 Å². The van der Waals surface area contributed by atoms with E-state index in [2.05, 4.69) is 38.1 Å². The van der Waals surface area contributed by atoms with Gasteiger partial charge in [-0.15, -0.1) is 11.3 Å². The Morgan fingerprint density at radius 1 is 1.21 bits per heavy atom. The van der Waals surface area contributed by atoms with Crippen LogP contribution in [0.15, 0.2) is 65.2 Å². The summed E-state index contributed by atoms with van der Waals surface area (Å²) in [6, 6.07) is 10.4. The minimum Gasteiger partial charge on any atom is -0.342 e. The number of thiazole rings is 1. The van der Waals surface area contributed by atoms with E-state index in [0.717, 1.165) is 23.4 Å². The smallest absolute Gasteiger partial charge is 0.271 e. The van der Waals surface area contributed by atoms with Gasteiger partial charge in [-0.3, -0.25) is 4.79 Å². The van der Waals surface area contributed by atoms with Crippen LogP contribution >= 0.6 is 22.7 Å². The van der Waals surface area contributed by atoms with Crippen molar-refractivity contribution >= 4 is 28.6 Å². The SMILES string of the molecule is O=C(N[C@@H]1c2ccccc2CC[C@@H]1n1ccnc1)c1csc(-c2ccsc2)n1. The molecule has 1 aliphatic rings. The first-order valence-electron chi connectivity index (χ1n) is 9.14. The largest absolute Gasteiger partial charge is 0.342 e. The van der Waals surface area contributed by atoms with Crippen molar-refractivity contribution < 1.29 is 4.79 Å². The molecule has 0 bridgehead atoms. The Bertz CT molecular complexity index is 1090. The van der Waals surface area contributed by atoms with Crippen LogP contribution in [0.5, 0.6) is 0 Å². The summed E-state index contributed by atoms with van der Waals surface area (Å²) in [4.78, 5) is 21.8. The van der Waals surface area contributed by atoms with Crippen LogP contribution in [0.1, 0.15) is 40.1 Å². The van der Waals surface area contributed by atoms with Gasteiger partial charge in [0.05, 0.1) is 18.4 Å². The Kier molecular flexibility index (Phi) is 4.54. The molecule has 1 aromatic carbocycles. The van der Waals surface area contributed by atoms with E-state index in [1.807, 2.05) is 40.8 Å². The van der Waals surface area contributed by atoms with E-state index in [1.165, 1.54) is 22.5 Å². The van der Waals surface area contributed by atoms with Crippen molar-refractivity contribution in [2.45, 2.75) is 24.9 Å². The second-order valence-electron chi connectivity index (χ2n) is 6.82. The number of amides is 1. The molecule has 3 heterocycles. The average molecular weight is 407 g/mol. The minimum absolute atomic E-state index is 0.113. The predicted octanol–water partition coefficient (Wildman–Crippen LogP) is 4.73. The van der Waals surface area contributed by atoms with Crippen molar-refractivity contribution in [3.8, 4) is 10.6 Å². The van der Waals surface area contributed by atoms with E-state index in [-0.39, 0.29) is 18.0 Å². The average Bonchev–Trinajstić information content (AvgIpc) is 3.50. The first-order valence-corrected chi connectivity index (χ1v) is 11.0. The summed E-state index contributed by atoms with van der Waals surface area (Å²) >= 11 is 3.13. The summed E-state index contributed by atoms with van der Waals surface area (Å²) in [6.07, 6.45) is 7.53. The van der Waals surface area contributed by atoms with Crippen LogP contribution < -0.4 is 5.32 Å². The summed E-state index contributed by atoms with van der Waals surface area (Å²) in [5.41, 5.74) is 4.00. The van der Waals surface area contributed by atoms with Crippen molar-refractivity contribution in [3.63, 3.8) is 0 Å². The number of benzene rings is 1. The summed E-state index contributed by atoms with van der Waals surface area (Å²) in [5.74, 6) is -0.135. The Labute approximate surface area is 170 Å². The molecule has 5 nitrogen and oxygen atoms in total. The van der Waals surface area contributed by atoms with Crippen LogP contribution in [0.2, 0.25) is 0 Å². The molecule has 140 valence electrons. The van der Waals surface area contributed by atoms with E-state index >= 15 is 0 Å². The number of thiophene rings is 1. The molecule has 3 aromatic heterocycles. The van der Waals surface area contributed by atoms with Gasteiger partial charge >= 0.3 is 0 Å². The Balaban J connectivity index is 1.45. The van der Waals surface area contributed by atoms with Gasteiger partial charge in [0.25, 0.3) is 5.91 Å². The third kappa shape index (κ3) is 3.16. The lowest BCUT2D eigenvalue weighted by Gasteiger charge is -2.34. The molecule has 0 unspecified atom stereocenters. The number of aryl methyl sites for hydroxylation is 1. The highest BCUT2D eigenvalue weighted by Gasteiger charge is 2.32. The molecule has 28 heavy (non-hydrogen) atoms. The standard InChI is InChI=1S/C21H18N4OS2/c26-20(17-12-28-21(23-17)15-7-10-27-11-15)24-19-16-4-2-1-3-14(16)5-6-18(19)25-9-8-22-13-25/h1-4,7-13,18-19H,5-6H2,(H,24,26)/t18-,19+/m0/s1. The van der Waals surface area contributed by atoms with Gasteiger partial charge in [0, 0.05) is 28.7 Å². The van der Waals surface area contributed by atoms with Crippen molar-refractivity contribution in [2.24, 2.45) is 0 Å². The van der Waals surface area contributed by atoms with E-state index in [0.29, 0.717) is 5.69 Å². The lowest BCUT2D eigenvalue weighted by Crippen LogP contribution is -2.37. The first kappa shape index (κ1) is 17.3. The number of carbonyl (C=O) groups excluding carboxylic acids is 1. The predicted molar refractivity (Wildman–Crippen MR) is 112 cm³/mol. The van der Waals surface area contributed by atoms with E-state index in [1.54, 1.807) is 17.5 Å². The highest BCUT2D eigenvalue weighted by atomic mass is 32.1. The molecule has 0 fully saturated rings. The number of fused-ring (bicyclic) bond motifs is 1. The highest BCUT2D eigenvalue weighted by molar-refractivity contribution is 7.14. The number of carbonyl (C=O) groups is 1. The third-order valence-corrected chi connectivity index (χ3v) is 6.76. The number of rotatable bonds is 4. The molecule has 1 amide bonds. The zero-order valence-electron chi connectivity index (χ0n) is 15.0. The maximum absolute atomic E-state index is 13.0. The van der Waals surface area contributed by atoms with E-state index in [9.17, 15) is 4.79 Å². The molecule has 0 spiro atoms. The molecule has 7 heteroatoms. The summed E-state index contributed by atoms with van der Waals surface area (Å²) in [7, 11) is 0. The van der Waals surface area contributed by atoms with Gasteiger partial charge < -0.3 is 9.88 Å². The van der Waals surface area contributed by atoms with Gasteiger partial charge in [-0.25, -0.2) is 9.97 Å². The number of hydrogen-bond acceptors (Lipinski definition) is 5. The van der Waals surface area contributed by atoms with Gasteiger partial charge in [-0.1, -0.05) is 24.3 Å². The number of aromatic nitrogens is 3. The van der Waals surface area contributed by atoms with Crippen molar-refractivity contribution in [1.82, 2.24) is 19.9 Å². The molecule has 5 rings (SSSR count). The lowest BCUT2D eigenvalue weighted by molar-refractivity contribution is 0.0913. The topological polar surface area (TPSA) is 59.8 Å². The number of nitrogens with zero attached hydrogens (tertiary/aromatic N) is 3. The molecular weight excluding hydrogens is 388 g/mol. The maximum Gasteiger partial charge on any atom is 0.271 e. The molecule has 0 saturated carbocycles. The molecule has 0 aliphatic heterocycles. The van der Waals surface area contributed by atoms with E-state index < -0.39 is 0 Å². The lowest BCUT2D eigenvalue weighted by atomic mass is 9.83. The Hall–Kier alpha value is -2.77. The fraction of sp³-hybridized carbons (Fsp3) is 0.190. The number of nitrogens with one attached hydrogen (secondary N) is 1.